The molecule has 2 bridgehead atoms. The van der Waals surface area contributed by atoms with Crippen LogP contribution in [0.2, 0.25) is 0 Å². The van der Waals surface area contributed by atoms with Gasteiger partial charge in [-0.25, -0.2) is 13.2 Å². The van der Waals surface area contributed by atoms with Crippen LogP contribution in [0.5, 0.6) is 6.01 Å². The van der Waals surface area contributed by atoms with Gasteiger partial charge in [-0.15, -0.1) is 11.3 Å². The Hall–Kier alpha value is -3.74. The zero-order valence-electron chi connectivity index (χ0n) is 27.6. The standard InChI is InChI=1S/C36H38F3N7O3S/c37-19-11-36(7-1-9-45(36)13-19)18-49-35-42-31-29(34(43-35)46-20-3-4-21(46)15-44(14-20)8-2-10-47)25-17-48-16-24(25)27(30(31)39)22-5-6-26(38)32-28(22)23(12-40)33(41)50-32/h5-6,19-21,47H,1-4,7-11,13-18,41H2/t19?,20?,21?,36-/m0/s1. The highest BCUT2D eigenvalue weighted by Crippen LogP contribution is 2.49. The van der Waals surface area contributed by atoms with Crippen molar-refractivity contribution < 1.29 is 27.8 Å². The molecule has 7 heterocycles. The number of nitriles is 1. The van der Waals surface area contributed by atoms with E-state index >= 15 is 8.78 Å². The zero-order valence-corrected chi connectivity index (χ0v) is 28.4. The zero-order chi connectivity index (χ0) is 34.3. The lowest BCUT2D eigenvalue weighted by Gasteiger charge is -2.42. The van der Waals surface area contributed by atoms with Gasteiger partial charge >= 0.3 is 6.01 Å². The normalized spacial score (nSPS) is 26.3. The number of aliphatic hydroxyl groups is 1. The number of piperazine rings is 1. The van der Waals surface area contributed by atoms with Gasteiger partial charge in [0.15, 0.2) is 5.82 Å². The van der Waals surface area contributed by atoms with Crippen molar-refractivity contribution in [2.24, 2.45) is 0 Å². The van der Waals surface area contributed by atoms with Gasteiger partial charge in [-0.2, -0.15) is 15.2 Å². The average molecular weight is 706 g/mol. The van der Waals surface area contributed by atoms with E-state index in [1.54, 1.807) is 0 Å². The number of ether oxygens (including phenoxy) is 2. The van der Waals surface area contributed by atoms with Crippen molar-refractivity contribution in [3.63, 3.8) is 0 Å². The van der Waals surface area contributed by atoms with Gasteiger partial charge < -0.3 is 25.2 Å². The molecule has 9 rings (SSSR count). The van der Waals surface area contributed by atoms with Gasteiger partial charge in [0.2, 0.25) is 0 Å². The fourth-order valence-corrected chi connectivity index (χ4v) is 10.4. The first-order valence-electron chi connectivity index (χ1n) is 17.5. The largest absolute Gasteiger partial charge is 0.461 e. The van der Waals surface area contributed by atoms with E-state index in [1.165, 1.54) is 12.1 Å². The molecule has 4 saturated heterocycles. The number of rotatable bonds is 8. The van der Waals surface area contributed by atoms with Crippen LogP contribution in [0.15, 0.2) is 12.1 Å². The van der Waals surface area contributed by atoms with Crippen LogP contribution in [0, 0.1) is 23.0 Å². The number of halogens is 3. The monoisotopic (exact) mass is 705 g/mol. The van der Waals surface area contributed by atoms with Crippen molar-refractivity contribution >= 4 is 43.1 Å². The molecule has 0 spiro atoms. The summed E-state index contributed by atoms with van der Waals surface area (Å²) >= 11 is 0.969. The van der Waals surface area contributed by atoms with Crippen molar-refractivity contribution in [2.45, 2.75) is 75.5 Å². The molecule has 2 aromatic carbocycles. The minimum Gasteiger partial charge on any atom is -0.461 e. The second-order valence-corrected chi connectivity index (χ2v) is 15.5. The van der Waals surface area contributed by atoms with Crippen LogP contribution in [0.3, 0.4) is 0 Å². The van der Waals surface area contributed by atoms with Crippen LogP contribution < -0.4 is 15.4 Å². The molecule has 4 fully saturated rings. The predicted octanol–water partition coefficient (Wildman–Crippen LogP) is 5.26. The van der Waals surface area contributed by atoms with Crippen molar-refractivity contribution in [3.8, 4) is 23.2 Å². The van der Waals surface area contributed by atoms with E-state index < -0.39 is 23.3 Å². The van der Waals surface area contributed by atoms with E-state index in [2.05, 4.69) is 20.8 Å². The van der Waals surface area contributed by atoms with Gasteiger partial charge in [0.1, 0.15) is 41.0 Å². The van der Waals surface area contributed by atoms with E-state index in [0.717, 1.165) is 68.8 Å². The molecule has 4 aromatic rings. The molecule has 5 aliphatic heterocycles. The number of alkyl halides is 1. The fourth-order valence-electron chi connectivity index (χ4n) is 9.49. The third kappa shape index (κ3) is 4.88. The number of thiophene rings is 1. The summed E-state index contributed by atoms with van der Waals surface area (Å²) in [6, 6.07) is 5.15. The Balaban J connectivity index is 1.23. The first-order chi connectivity index (χ1) is 24.3. The molecule has 0 saturated carbocycles. The van der Waals surface area contributed by atoms with Crippen molar-refractivity contribution in [1.29, 1.82) is 5.26 Å². The molecule has 4 atom stereocenters. The molecule has 0 aliphatic carbocycles. The molecule has 262 valence electrons. The summed E-state index contributed by atoms with van der Waals surface area (Å²) in [7, 11) is 0. The maximum absolute atomic E-state index is 17.5. The summed E-state index contributed by atoms with van der Waals surface area (Å²) in [4.78, 5) is 16.6. The highest BCUT2D eigenvalue weighted by Gasteiger charge is 2.50. The van der Waals surface area contributed by atoms with Crippen LogP contribution in [-0.4, -0.2) is 94.6 Å². The van der Waals surface area contributed by atoms with Gasteiger partial charge in [-0.05, 0) is 61.4 Å². The van der Waals surface area contributed by atoms with Crippen LogP contribution in [-0.2, 0) is 18.0 Å². The number of fused-ring (bicyclic) bond motifs is 7. The number of aromatic nitrogens is 2. The summed E-state index contributed by atoms with van der Waals surface area (Å²) in [6.45, 7) is 4.23. The van der Waals surface area contributed by atoms with E-state index in [0.29, 0.717) is 41.7 Å². The second-order valence-electron chi connectivity index (χ2n) is 14.4. The Bertz CT molecular complexity index is 2060. The summed E-state index contributed by atoms with van der Waals surface area (Å²) in [6.07, 6.45) is 3.81. The summed E-state index contributed by atoms with van der Waals surface area (Å²) in [5.41, 5.74) is 7.83. The van der Waals surface area contributed by atoms with Crippen LogP contribution >= 0.6 is 11.3 Å². The Morgan fingerprint density at radius 3 is 2.70 bits per heavy atom. The van der Waals surface area contributed by atoms with E-state index in [9.17, 15) is 14.8 Å². The van der Waals surface area contributed by atoms with Gasteiger partial charge in [0, 0.05) is 62.2 Å². The molecule has 50 heavy (non-hydrogen) atoms. The predicted molar refractivity (Wildman–Crippen MR) is 184 cm³/mol. The lowest BCUT2D eigenvalue weighted by molar-refractivity contribution is 0.107. The molecule has 0 radical (unpaired) electrons. The number of aliphatic hydroxyl groups excluding tert-OH is 1. The number of nitrogens with two attached hydrogens (primary N) is 1. The van der Waals surface area contributed by atoms with E-state index in [1.807, 2.05) is 0 Å². The number of hydrogen-bond acceptors (Lipinski definition) is 11. The van der Waals surface area contributed by atoms with Crippen LogP contribution in [0.1, 0.15) is 55.2 Å². The minimum absolute atomic E-state index is 0.0311. The molecule has 3 N–H and O–H groups in total. The maximum Gasteiger partial charge on any atom is 0.319 e. The quantitative estimate of drug-likeness (QED) is 0.251. The van der Waals surface area contributed by atoms with E-state index in [-0.39, 0.29) is 76.3 Å². The van der Waals surface area contributed by atoms with Crippen LogP contribution in [0.4, 0.5) is 24.0 Å². The lowest BCUT2D eigenvalue weighted by atomic mass is 9.90. The molecular formula is C36H38F3N7O3S. The molecule has 10 nitrogen and oxygen atoms in total. The number of hydrogen-bond donors (Lipinski definition) is 2. The Kier molecular flexibility index (Phi) is 7.85. The number of benzene rings is 2. The highest BCUT2D eigenvalue weighted by molar-refractivity contribution is 7.23. The Labute approximate surface area is 291 Å². The van der Waals surface area contributed by atoms with E-state index in [4.69, 9.17) is 25.2 Å². The third-order valence-corrected chi connectivity index (χ3v) is 12.6. The first-order valence-corrected chi connectivity index (χ1v) is 18.3. The fraction of sp³-hybridized carbons (Fsp3) is 0.528. The van der Waals surface area contributed by atoms with Gasteiger partial charge in [-0.1, -0.05) is 6.07 Å². The van der Waals surface area contributed by atoms with Gasteiger partial charge in [0.25, 0.3) is 0 Å². The Morgan fingerprint density at radius 2 is 1.92 bits per heavy atom. The molecule has 5 aliphatic rings. The maximum atomic E-state index is 17.5. The van der Waals surface area contributed by atoms with Crippen molar-refractivity contribution in [3.05, 3.63) is 40.5 Å². The lowest BCUT2D eigenvalue weighted by Crippen LogP contribution is -2.54. The smallest absolute Gasteiger partial charge is 0.319 e. The summed E-state index contributed by atoms with van der Waals surface area (Å²) in [5.74, 6) is -0.560. The molecule has 0 amide bonds. The van der Waals surface area contributed by atoms with Gasteiger partial charge in [-0.3, -0.25) is 9.80 Å². The van der Waals surface area contributed by atoms with Crippen LogP contribution in [0.25, 0.3) is 32.1 Å². The summed E-state index contributed by atoms with van der Waals surface area (Å²) < 4.78 is 59.8. The average Bonchev–Trinajstić information content (AvgIpc) is 3.91. The van der Waals surface area contributed by atoms with Crippen molar-refractivity contribution in [2.75, 3.05) is 56.6 Å². The van der Waals surface area contributed by atoms with Gasteiger partial charge in [0.05, 0.1) is 34.4 Å². The number of nitrogens with zero attached hydrogens (tertiary/aromatic N) is 6. The number of nitrogen functional groups attached to an aromatic ring is 1. The topological polar surface area (TPSA) is 124 Å². The first kappa shape index (κ1) is 32.2. The number of anilines is 2. The Morgan fingerprint density at radius 1 is 1.12 bits per heavy atom. The minimum atomic E-state index is -0.927. The molecule has 14 heteroatoms. The second kappa shape index (κ2) is 12.2. The third-order valence-electron chi connectivity index (χ3n) is 11.6. The molecule has 3 unspecified atom stereocenters. The number of likely N-dealkylation sites (tertiary alicyclic amines) is 1. The van der Waals surface area contributed by atoms with Crippen molar-refractivity contribution in [1.82, 2.24) is 19.8 Å². The molecular weight excluding hydrogens is 668 g/mol. The SMILES string of the molecule is N#Cc1c(N)sc2c(F)ccc(-c3c4c(c5c(N6C7CCC6CN(CCCO)C7)nc(OC[C@@]67CCCN6CC(F)C7)nc5c3F)COC4)c12. The highest BCUT2D eigenvalue weighted by atomic mass is 32.1. The molecule has 2 aromatic heterocycles. The summed E-state index contributed by atoms with van der Waals surface area (Å²) in [5, 5.41) is 20.5.